The largest absolute Gasteiger partial charge is 0.480 e. The summed E-state index contributed by atoms with van der Waals surface area (Å²) in [6, 6.07) is 3.73. The molecule has 0 aliphatic carbocycles. The molecule has 0 bridgehead atoms. The van der Waals surface area contributed by atoms with E-state index >= 15 is 0 Å². The Morgan fingerprint density at radius 2 is 2.19 bits per heavy atom. The maximum atomic E-state index is 5.53. The third-order valence-electron chi connectivity index (χ3n) is 2.76. The van der Waals surface area contributed by atoms with Gasteiger partial charge in [0.05, 0.1) is 18.8 Å². The van der Waals surface area contributed by atoms with Crippen molar-refractivity contribution in [3.05, 3.63) is 17.8 Å². The Kier molecular flexibility index (Phi) is 5.14. The highest BCUT2D eigenvalue weighted by Gasteiger charge is 2.14. The predicted molar refractivity (Wildman–Crippen MR) is 62.7 cm³/mol. The number of hydrazine groups is 1. The van der Waals surface area contributed by atoms with Gasteiger partial charge >= 0.3 is 0 Å². The number of nitrogens with two attached hydrogens (primary N) is 1. The maximum absolute atomic E-state index is 5.53. The Morgan fingerprint density at radius 3 is 2.62 bits per heavy atom. The van der Waals surface area contributed by atoms with E-state index in [1.165, 1.54) is 0 Å². The quantitative estimate of drug-likeness (QED) is 0.565. The summed E-state index contributed by atoms with van der Waals surface area (Å²) in [5, 5.41) is 8.02. The summed E-state index contributed by atoms with van der Waals surface area (Å²) in [7, 11) is 1.57. The van der Waals surface area contributed by atoms with Crippen molar-refractivity contribution in [3.8, 4) is 5.88 Å². The lowest BCUT2D eigenvalue weighted by Gasteiger charge is -2.18. The van der Waals surface area contributed by atoms with Crippen LogP contribution in [0.1, 0.15) is 38.4 Å². The van der Waals surface area contributed by atoms with E-state index in [2.05, 4.69) is 29.5 Å². The highest BCUT2D eigenvalue weighted by Crippen LogP contribution is 2.21. The average molecular weight is 224 g/mol. The topological polar surface area (TPSA) is 73.1 Å². The summed E-state index contributed by atoms with van der Waals surface area (Å²) in [5.41, 5.74) is 3.63. The van der Waals surface area contributed by atoms with Crippen molar-refractivity contribution in [1.82, 2.24) is 15.6 Å². The number of hydrogen-bond donors (Lipinski definition) is 2. The molecule has 0 aromatic carbocycles. The molecule has 1 aromatic rings. The van der Waals surface area contributed by atoms with E-state index in [1.54, 1.807) is 13.2 Å². The van der Waals surface area contributed by atoms with Gasteiger partial charge in [-0.1, -0.05) is 20.3 Å². The zero-order valence-corrected chi connectivity index (χ0v) is 10.1. The van der Waals surface area contributed by atoms with Gasteiger partial charge in [-0.15, -0.1) is 5.10 Å². The number of nitrogens with zero attached hydrogens (tertiary/aromatic N) is 2. The van der Waals surface area contributed by atoms with Crippen LogP contribution in [0.15, 0.2) is 12.1 Å². The van der Waals surface area contributed by atoms with E-state index in [9.17, 15) is 0 Å². The first-order chi connectivity index (χ1) is 7.71. The van der Waals surface area contributed by atoms with Crippen LogP contribution in [0.5, 0.6) is 5.88 Å². The number of hydrogen-bond acceptors (Lipinski definition) is 5. The Hall–Kier alpha value is -1.20. The summed E-state index contributed by atoms with van der Waals surface area (Å²) in [4.78, 5) is 0. The first kappa shape index (κ1) is 12.9. The molecule has 0 radical (unpaired) electrons. The molecule has 1 rings (SSSR count). The zero-order chi connectivity index (χ0) is 12.0. The van der Waals surface area contributed by atoms with Gasteiger partial charge in [0.15, 0.2) is 0 Å². The van der Waals surface area contributed by atoms with Gasteiger partial charge in [-0.2, -0.15) is 5.10 Å². The van der Waals surface area contributed by atoms with Gasteiger partial charge in [0.1, 0.15) is 0 Å². The molecule has 0 saturated heterocycles. The SMILES string of the molecule is CCC(C)CC(NN)c1ccc(OC)nn1. The van der Waals surface area contributed by atoms with Crippen molar-refractivity contribution >= 4 is 0 Å². The average Bonchev–Trinajstić information content (AvgIpc) is 2.35. The number of nitrogens with one attached hydrogen (secondary N) is 1. The highest BCUT2D eigenvalue weighted by molar-refractivity contribution is 5.13. The summed E-state index contributed by atoms with van der Waals surface area (Å²) in [6.07, 6.45) is 2.08. The van der Waals surface area contributed by atoms with Crippen molar-refractivity contribution < 1.29 is 4.74 Å². The molecule has 0 amide bonds. The van der Waals surface area contributed by atoms with E-state index in [-0.39, 0.29) is 6.04 Å². The second-order valence-electron chi connectivity index (χ2n) is 3.97. The van der Waals surface area contributed by atoms with Crippen LogP contribution in [0.2, 0.25) is 0 Å². The van der Waals surface area contributed by atoms with Crippen LogP contribution in [0.3, 0.4) is 0 Å². The van der Waals surface area contributed by atoms with Crippen LogP contribution in [0.25, 0.3) is 0 Å². The normalized spacial score (nSPS) is 14.5. The fraction of sp³-hybridized carbons (Fsp3) is 0.636. The number of rotatable bonds is 6. The van der Waals surface area contributed by atoms with Crippen molar-refractivity contribution in [2.75, 3.05) is 7.11 Å². The molecule has 2 atom stereocenters. The smallest absolute Gasteiger partial charge is 0.233 e. The Bertz CT molecular complexity index is 301. The summed E-state index contributed by atoms with van der Waals surface area (Å²) >= 11 is 0. The van der Waals surface area contributed by atoms with Gasteiger partial charge in [0, 0.05) is 6.07 Å². The predicted octanol–water partition coefficient (Wildman–Crippen LogP) is 1.43. The van der Waals surface area contributed by atoms with Gasteiger partial charge in [-0.05, 0) is 18.4 Å². The van der Waals surface area contributed by atoms with E-state index < -0.39 is 0 Å². The molecule has 1 heterocycles. The monoisotopic (exact) mass is 224 g/mol. The van der Waals surface area contributed by atoms with E-state index in [1.807, 2.05) is 6.07 Å². The van der Waals surface area contributed by atoms with Crippen LogP contribution in [-0.2, 0) is 0 Å². The summed E-state index contributed by atoms with van der Waals surface area (Å²) in [5.74, 6) is 6.65. The van der Waals surface area contributed by atoms with Crippen LogP contribution in [-0.4, -0.2) is 17.3 Å². The minimum absolute atomic E-state index is 0.0494. The standard InChI is InChI=1S/C11H20N4O/c1-4-8(2)7-10(13-12)9-5-6-11(16-3)15-14-9/h5-6,8,10,13H,4,7,12H2,1-3H3. The molecule has 0 saturated carbocycles. The first-order valence-electron chi connectivity index (χ1n) is 5.55. The zero-order valence-electron chi connectivity index (χ0n) is 10.1. The van der Waals surface area contributed by atoms with Crippen LogP contribution < -0.4 is 16.0 Å². The lowest BCUT2D eigenvalue weighted by molar-refractivity contribution is 0.379. The molecule has 5 heteroatoms. The molecule has 2 unspecified atom stereocenters. The number of aromatic nitrogens is 2. The van der Waals surface area contributed by atoms with Crippen molar-refractivity contribution in [1.29, 1.82) is 0 Å². The molecule has 5 nitrogen and oxygen atoms in total. The van der Waals surface area contributed by atoms with Gasteiger partial charge < -0.3 is 4.74 Å². The van der Waals surface area contributed by atoms with Crippen molar-refractivity contribution in [2.45, 2.75) is 32.7 Å². The molecule has 0 aliphatic rings. The minimum atomic E-state index is 0.0494. The molecule has 0 spiro atoms. The van der Waals surface area contributed by atoms with E-state index in [0.29, 0.717) is 11.8 Å². The van der Waals surface area contributed by atoms with Gasteiger partial charge in [-0.3, -0.25) is 11.3 Å². The lowest BCUT2D eigenvalue weighted by atomic mass is 9.98. The van der Waals surface area contributed by atoms with Crippen LogP contribution in [0.4, 0.5) is 0 Å². The van der Waals surface area contributed by atoms with Gasteiger partial charge in [-0.25, -0.2) is 0 Å². The van der Waals surface area contributed by atoms with Crippen molar-refractivity contribution in [3.63, 3.8) is 0 Å². The van der Waals surface area contributed by atoms with Crippen LogP contribution in [0, 0.1) is 5.92 Å². The summed E-state index contributed by atoms with van der Waals surface area (Å²) in [6.45, 7) is 4.36. The molecule has 1 aromatic heterocycles. The second kappa shape index (κ2) is 6.40. The first-order valence-corrected chi connectivity index (χ1v) is 5.55. The fourth-order valence-corrected chi connectivity index (χ4v) is 1.47. The molecule has 3 N–H and O–H groups in total. The Morgan fingerprint density at radius 1 is 1.44 bits per heavy atom. The number of ether oxygens (including phenoxy) is 1. The third-order valence-corrected chi connectivity index (χ3v) is 2.76. The molecular formula is C11H20N4O. The molecule has 0 aliphatic heterocycles. The molecule has 16 heavy (non-hydrogen) atoms. The van der Waals surface area contributed by atoms with Crippen molar-refractivity contribution in [2.24, 2.45) is 11.8 Å². The summed E-state index contributed by atoms with van der Waals surface area (Å²) < 4.78 is 4.96. The fourth-order valence-electron chi connectivity index (χ4n) is 1.47. The maximum Gasteiger partial charge on any atom is 0.233 e. The Labute approximate surface area is 96.4 Å². The Balaban J connectivity index is 2.70. The molecule has 90 valence electrons. The number of methoxy groups -OCH3 is 1. The second-order valence-corrected chi connectivity index (χ2v) is 3.97. The molecular weight excluding hydrogens is 204 g/mol. The third kappa shape index (κ3) is 3.43. The highest BCUT2D eigenvalue weighted by atomic mass is 16.5. The van der Waals surface area contributed by atoms with E-state index in [4.69, 9.17) is 10.6 Å². The lowest BCUT2D eigenvalue weighted by Crippen LogP contribution is -2.30. The van der Waals surface area contributed by atoms with Crippen LogP contribution >= 0.6 is 0 Å². The van der Waals surface area contributed by atoms with Gasteiger partial charge in [0.25, 0.3) is 0 Å². The van der Waals surface area contributed by atoms with Gasteiger partial charge in [0.2, 0.25) is 5.88 Å². The minimum Gasteiger partial charge on any atom is -0.480 e. The van der Waals surface area contributed by atoms with E-state index in [0.717, 1.165) is 18.5 Å². The molecule has 0 fully saturated rings.